The van der Waals surface area contributed by atoms with Gasteiger partial charge in [0.1, 0.15) is 48.0 Å². The fourth-order valence-electron chi connectivity index (χ4n) is 9.39. The van der Waals surface area contributed by atoms with Crippen molar-refractivity contribution in [3.05, 3.63) is 65.7 Å². The molecule has 0 unspecified atom stereocenters. The smallest absolute Gasteiger partial charge is 0.245 e. The van der Waals surface area contributed by atoms with Crippen molar-refractivity contribution in [2.24, 2.45) is 72.7 Å². The van der Waals surface area contributed by atoms with Gasteiger partial charge in [0.15, 0.2) is 17.9 Å². The van der Waals surface area contributed by atoms with Crippen LogP contribution in [0.1, 0.15) is 103 Å². The van der Waals surface area contributed by atoms with Crippen molar-refractivity contribution in [1.82, 2.24) is 47.4 Å². The lowest BCUT2D eigenvalue weighted by Crippen LogP contribution is -2.61. The van der Waals surface area contributed by atoms with Crippen molar-refractivity contribution in [3.8, 4) is 5.75 Å². The second kappa shape index (κ2) is 38.0. The first-order valence-corrected chi connectivity index (χ1v) is 29.4. The molecule has 9 atom stereocenters. The summed E-state index contributed by atoms with van der Waals surface area (Å²) in [5.41, 5.74) is 46.3. The number of rotatable bonds is 38. The molecule has 1 aliphatic rings. The molecule has 0 aliphatic carbocycles. The van der Waals surface area contributed by atoms with Gasteiger partial charge in [-0.1, -0.05) is 76.6 Å². The van der Waals surface area contributed by atoms with Crippen LogP contribution in [0.15, 0.2) is 69.6 Å². The van der Waals surface area contributed by atoms with Gasteiger partial charge in [-0.05, 0) is 99.3 Å². The van der Waals surface area contributed by atoms with E-state index in [1.807, 2.05) is 0 Å². The van der Waals surface area contributed by atoms with Crippen LogP contribution in [-0.4, -0.2) is 175 Å². The molecule has 31 nitrogen and oxygen atoms in total. The Morgan fingerprint density at radius 2 is 1.03 bits per heavy atom. The van der Waals surface area contributed by atoms with Crippen molar-refractivity contribution in [1.29, 1.82) is 0 Å². The van der Waals surface area contributed by atoms with Crippen molar-refractivity contribution in [3.63, 3.8) is 0 Å². The van der Waals surface area contributed by atoms with Crippen molar-refractivity contribution >= 4 is 77.0 Å². The number of guanidine groups is 3. The Bertz CT molecular complexity index is 2740. The fourth-order valence-corrected chi connectivity index (χ4v) is 9.39. The number of nitrogens with one attached hydrogen (secondary N) is 8. The Morgan fingerprint density at radius 3 is 1.56 bits per heavy atom. The largest absolute Gasteiger partial charge is 0.508 e. The van der Waals surface area contributed by atoms with E-state index in [9.17, 15) is 53.1 Å². The number of primary amides is 1. The third-order valence-electron chi connectivity index (χ3n) is 14.2. The summed E-state index contributed by atoms with van der Waals surface area (Å²) in [6.45, 7) is 6.32. The molecule has 1 saturated heterocycles. The zero-order valence-electron chi connectivity index (χ0n) is 50.6. The van der Waals surface area contributed by atoms with Crippen LogP contribution < -0.4 is 88.4 Å². The van der Waals surface area contributed by atoms with Crippen molar-refractivity contribution in [2.75, 3.05) is 39.3 Å². The molecule has 486 valence electrons. The summed E-state index contributed by atoms with van der Waals surface area (Å²) in [4.78, 5) is 151. The van der Waals surface area contributed by atoms with Crippen molar-refractivity contribution < 1.29 is 53.1 Å². The SMILES string of the molecule is CC[C@H](C)[C@H](NC(=O)[C@H](CCCN=C(N)N)NC(=O)[C@H](CCCN=C(N)N)NC(=O)[C@H](CC(C)C)NC(=O)[C@H](Cc1ccccc1)NC(=O)CNC(=O)CNC(=O)[C@@H](N)Cc1ccc(O)cc1)C(=O)N[C@@H](CCCN=C(N)N)C(=O)N1CCC[C@H]1C(N)=O. The average molecular weight is 1230 g/mol. The van der Waals surface area contributed by atoms with E-state index in [2.05, 4.69) is 57.5 Å². The Labute approximate surface area is 512 Å². The molecular weight excluding hydrogens is 1140 g/mol. The van der Waals surface area contributed by atoms with Crippen LogP contribution in [0.2, 0.25) is 0 Å². The van der Waals surface area contributed by atoms with Crippen LogP contribution in [0.25, 0.3) is 0 Å². The predicted molar refractivity (Wildman–Crippen MR) is 330 cm³/mol. The zero-order chi connectivity index (χ0) is 65.5. The summed E-state index contributed by atoms with van der Waals surface area (Å²) < 4.78 is 0. The number of phenols is 1. The van der Waals surface area contributed by atoms with E-state index >= 15 is 0 Å². The van der Waals surface area contributed by atoms with Gasteiger partial charge in [-0.2, -0.15) is 0 Å². The molecule has 1 fully saturated rings. The van der Waals surface area contributed by atoms with E-state index in [1.54, 1.807) is 70.2 Å². The molecule has 31 heteroatoms. The van der Waals surface area contributed by atoms with Gasteiger partial charge >= 0.3 is 0 Å². The van der Waals surface area contributed by atoms with Gasteiger partial charge in [0, 0.05) is 32.6 Å². The first-order valence-electron chi connectivity index (χ1n) is 29.4. The van der Waals surface area contributed by atoms with E-state index in [1.165, 1.54) is 17.0 Å². The Kier molecular flexibility index (Phi) is 31.5. The van der Waals surface area contributed by atoms with Crippen LogP contribution in [-0.2, 0) is 60.8 Å². The van der Waals surface area contributed by atoms with Gasteiger partial charge in [0.2, 0.25) is 59.1 Å². The molecule has 10 amide bonds. The molecule has 0 aromatic heterocycles. The standard InChI is InChI=1S/C57H92N20O11/c1-5-33(4)46(53(87)74-40(17-11-25-68-57(64)65)54(88)77-26-12-18-43(77)47(59)81)76-50(84)39(16-10-24-67-56(62)63)72-49(83)38(15-9-23-66-55(60)61)73-51(85)41(27-32(2)3)75-52(86)42(29-34-13-7-6-8-14-34)71-45(80)31-69-44(79)30-70-48(82)37(58)28-35-19-21-36(78)22-20-35/h6-8,13-14,19-22,32-33,37-43,46,78H,5,9-12,15-18,23-31,58H2,1-4H3,(H2,59,81)(H,69,79)(H,70,82)(H,71,80)(H,72,83)(H,73,85)(H,74,87)(H,75,86)(H,76,84)(H4,60,61,66)(H4,62,63,67)(H4,64,65,68)/t33-,37-,38-,39-,40-,41-,42-,43-,46-/m0/s1. The minimum atomic E-state index is -1.40. The van der Waals surface area contributed by atoms with Gasteiger partial charge in [-0.3, -0.25) is 62.9 Å². The van der Waals surface area contributed by atoms with Crippen molar-refractivity contribution in [2.45, 2.75) is 153 Å². The van der Waals surface area contributed by atoms with Crippen LogP contribution in [0.4, 0.5) is 0 Å². The number of hydrogen-bond acceptors (Lipinski definition) is 15. The lowest BCUT2D eigenvalue weighted by molar-refractivity contribution is -0.141. The normalized spacial score (nSPS) is 15.4. The highest BCUT2D eigenvalue weighted by Crippen LogP contribution is 2.20. The Morgan fingerprint density at radius 1 is 0.557 bits per heavy atom. The third-order valence-corrected chi connectivity index (χ3v) is 14.2. The number of carbonyl (C=O) groups excluding carboxylic acids is 10. The molecule has 0 saturated carbocycles. The van der Waals surface area contributed by atoms with Gasteiger partial charge in [0.05, 0.1) is 19.1 Å². The molecule has 2 aromatic carbocycles. The van der Waals surface area contributed by atoms with Gasteiger partial charge in [0.25, 0.3) is 0 Å². The zero-order valence-corrected chi connectivity index (χ0v) is 50.6. The summed E-state index contributed by atoms with van der Waals surface area (Å²) in [6.07, 6.45) is 1.65. The predicted octanol–water partition coefficient (Wildman–Crippen LogP) is -4.62. The number of hydrogen-bond donors (Lipinski definition) is 17. The molecule has 0 radical (unpaired) electrons. The highest BCUT2D eigenvalue weighted by Gasteiger charge is 2.39. The maximum atomic E-state index is 14.6. The molecular formula is C57H92N20O11. The summed E-state index contributed by atoms with van der Waals surface area (Å²) in [5, 5.41) is 30.7. The lowest BCUT2D eigenvalue weighted by Gasteiger charge is -2.31. The van der Waals surface area contributed by atoms with Crippen LogP contribution in [0, 0.1) is 11.8 Å². The number of aromatic hydroxyl groups is 1. The van der Waals surface area contributed by atoms with Crippen LogP contribution >= 0.6 is 0 Å². The molecule has 3 rings (SSSR count). The van der Waals surface area contributed by atoms with Gasteiger partial charge in [-0.25, -0.2) is 0 Å². The maximum Gasteiger partial charge on any atom is 0.245 e. The minimum Gasteiger partial charge on any atom is -0.508 e. The van der Waals surface area contributed by atoms with E-state index in [4.69, 9.17) is 45.9 Å². The number of amides is 10. The van der Waals surface area contributed by atoms with Crippen LogP contribution in [0.3, 0.4) is 0 Å². The van der Waals surface area contributed by atoms with Gasteiger partial charge in [-0.15, -0.1) is 0 Å². The quantitative estimate of drug-likeness (QED) is 0.0171. The monoisotopic (exact) mass is 1230 g/mol. The van der Waals surface area contributed by atoms with E-state index in [0.29, 0.717) is 30.4 Å². The number of nitrogens with zero attached hydrogens (tertiary/aromatic N) is 4. The fraction of sp³-hybridized carbons (Fsp3) is 0.561. The Hall–Kier alpha value is -9.29. The van der Waals surface area contributed by atoms with Crippen LogP contribution in [0.5, 0.6) is 5.75 Å². The minimum absolute atomic E-state index is 0.0210. The number of aliphatic imine (C=N–C) groups is 3. The molecule has 1 aliphatic heterocycles. The molecule has 1 heterocycles. The Balaban J connectivity index is 1.89. The third kappa shape index (κ3) is 27.0. The number of carbonyl (C=O) groups is 10. The molecule has 0 spiro atoms. The first-order chi connectivity index (χ1) is 41.7. The molecule has 88 heavy (non-hydrogen) atoms. The number of phenolic OH excluding ortho intramolecular Hbond substituents is 1. The highest BCUT2D eigenvalue weighted by molar-refractivity contribution is 5.98. The topological polar surface area (TPSA) is 536 Å². The van der Waals surface area contributed by atoms with E-state index in [0.717, 1.165) is 0 Å². The molecule has 2 aromatic rings. The summed E-state index contributed by atoms with van der Waals surface area (Å²) in [5.74, 6) is -8.84. The summed E-state index contributed by atoms with van der Waals surface area (Å²) in [6, 6.07) is 4.92. The molecule has 0 bridgehead atoms. The second-order valence-corrected chi connectivity index (χ2v) is 22.0. The number of likely N-dealkylation sites (tertiary alicyclic amines) is 1. The average Bonchev–Trinajstić information content (AvgIpc) is 3.25. The second-order valence-electron chi connectivity index (χ2n) is 22.0. The first kappa shape index (κ1) is 73.0. The number of nitrogens with two attached hydrogens (primary N) is 8. The van der Waals surface area contributed by atoms with E-state index in [-0.39, 0.29) is 114 Å². The van der Waals surface area contributed by atoms with Gasteiger partial charge < -0.3 is 98.4 Å². The summed E-state index contributed by atoms with van der Waals surface area (Å²) >= 11 is 0. The molecule has 25 N–H and O–H groups in total. The highest BCUT2D eigenvalue weighted by atomic mass is 16.3. The lowest BCUT2D eigenvalue weighted by atomic mass is 9.96. The summed E-state index contributed by atoms with van der Waals surface area (Å²) in [7, 11) is 0. The maximum absolute atomic E-state index is 14.6. The van der Waals surface area contributed by atoms with E-state index < -0.39 is 126 Å². The number of benzene rings is 2.